The largest absolute Gasteiger partial charge is 0.395 e. The average Bonchev–Trinajstić information content (AvgIpc) is 2.43. The van der Waals surface area contributed by atoms with Crippen LogP contribution in [0.1, 0.15) is 38.7 Å². The van der Waals surface area contributed by atoms with E-state index in [4.69, 9.17) is 0 Å². The van der Waals surface area contributed by atoms with Crippen molar-refractivity contribution in [1.82, 2.24) is 0 Å². The second-order valence-electron chi connectivity index (χ2n) is 4.68. The molecular formula is C15H24O2S. The lowest BCUT2D eigenvalue weighted by molar-refractivity contribution is 0.113. The summed E-state index contributed by atoms with van der Waals surface area (Å²) in [6.07, 6.45) is 3.19. The Morgan fingerprint density at radius 2 is 1.67 bits per heavy atom. The van der Waals surface area contributed by atoms with Gasteiger partial charge in [-0.3, -0.25) is 0 Å². The average molecular weight is 268 g/mol. The maximum absolute atomic E-state index is 9.51. The van der Waals surface area contributed by atoms with E-state index in [1.165, 1.54) is 17.7 Å². The lowest BCUT2D eigenvalue weighted by atomic mass is 9.80. The lowest BCUT2D eigenvalue weighted by Crippen LogP contribution is -2.33. The van der Waals surface area contributed by atoms with E-state index < -0.39 is 5.41 Å². The van der Waals surface area contributed by atoms with Gasteiger partial charge < -0.3 is 10.2 Å². The van der Waals surface area contributed by atoms with Gasteiger partial charge in [0, 0.05) is 10.3 Å². The zero-order valence-electron chi connectivity index (χ0n) is 11.4. The minimum absolute atomic E-state index is 0.0116. The smallest absolute Gasteiger partial charge is 0.0550 e. The molecule has 0 saturated heterocycles. The first-order valence-electron chi connectivity index (χ1n) is 6.67. The summed E-state index contributed by atoms with van der Waals surface area (Å²) in [6.45, 7) is 4.17. The number of hydrogen-bond donors (Lipinski definition) is 2. The van der Waals surface area contributed by atoms with E-state index in [2.05, 4.69) is 19.1 Å². The molecule has 0 aromatic heterocycles. The molecule has 0 amide bonds. The molecule has 2 nitrogen and oxygen atoms in total. The number of benzene rings is 1. The van der Waals surface area contributed by atoms with Crippen molar-refractivity contribution in [2.24, 2.45) is 0 Å². The highest BCUT2D eigenvalue weighted by Gasteiger charge is 2.28. The van der Waals surface area contributed by atoms with Crippen LogP contribution in [0.25, 0.3) is 0 Å². The van der Waals surface area contributed by atoms with E-state index in [0.29, 0.717) is 0 Å². The van der Waals surface area contributed by atoms with Gasteiger partial charge in [0.15, 0.2) is 0 Å². The highest BCUT2D eigenvalue weighted by Crippen LogP contribution is 2.29. The van der Waals surface area contributed by atoms with Crippen LogP contribution in [0, 0.1) is 0 Å². The van der Waals surface area contributed by atoms with Gasteiger partial charge in [0.2, 0.25) is 0 Å². The molecule has 0 bridgehead atoms. The molecule has 0 unspecified atom stereocenters. The fraction of sp³-hybridized carbons (Fsp3) is 0.600. The lowest BCUT2D eigenvalue weighted by Gasteiger charge is -2.29. The third-order valence-corrected chi connectivity index (χ3v) is 4.61. The molecule has 0 fully saturated rings. The minimum atomic E-state index is -0.493. The zero-order chi connectivity index (χ0) is 13.4. The number of thioether (sulfide) groups is 1. The van der Waals surface area contributed by atoms with Crippen molar-refractivity contribution in [3.8, 4) is 0 Å². The molecule has 0 aliphatic heterocycles. The van der Waals surface area contributed by atoms with Gasteiger partial charge in [0.25, 0.3) is 0 Å². The topological polar surface area (TPSA) is 40.5 Å². The summed E-state index contributed by atoms with van der Waals surface area (Å²) in [5.74, 6) is 1.15. The van der Waals surface area contributed by atoms with Gasteiger partial charge in [0.05, 0.1) is 13.2 Å². The first kappa shape index (κ1) is 15.5. The third-order valence-electron chi connectivity index (χ3n) is 3.52. The second-order valence-corrected chi connectivity index (χ2v) is 5.84. The third kappa shape index (κ3) is 3.74. The van der Waals surface area contributed by atoms with E-state index in [0.717, 1.165) is 17.7 Å². The van der Waals surface area contributed by atoms with Gasteiger partial charge in [-0.05, 0) is 36.3 Å². The van der Waals surface area contributed by atoms with Crippen LogP contribution in [-0.2, 0) is 5.41 Å². The van der Waals surface area contributed by atoms with Crippen molar-refractivity contribution >= 4 is 11.8 Å². The summed E-state index contributed by atoms with van der Waals surface area (Å²) < 4.78 is 0. The molecule has 3 heteroatoms. The Kier molecular flexibility index (Phi) is 6.76. The summed E-state index contributed by atoms with van der Waals surface area (Å²) in [5.41, 5.74) is 0.530. The number of unbranched alkanes of at least 4 members (excludes halogenated alkanes) is 1. The molecule has 0 saturated carbocycles. The van der Waals surface area contributed by atoms with Crippen LogP contribution in [0.5, 0.6) is 0 Å². The second kappa shape index (κ2) is 7.82. The molecule has 18 heavy (non-hydrogen) atoms. The first-order chi connectivity index (χ1) is 8.72. The molecule has 1 rings (SSSR count). The van der Waals surface area contributed by atoms with E-state index in [1.54, 1.807) is 0 Å². The van der Waals surface area contributed by atoms with Crippen molar-refractivity contribution in [3.63, 3.8) is 0 Å². The summed E-state index contributed by atoms with van der Waals surface area (Å²) in [5, 5.41) is 19.0. The van der Waals surface area contributed by atoms with Crippen LogP contribution in [0.2, 0.25) is 0 Å². The summed E-state index contributed by atoms with van der Waals surface area (Å²) in [6, 6.07) is 8.24. The SMILES string of the molecule is CCCCSc1ccc(C(CC)(CO)CO)cc1. The molecular weight excluding hydrogens is 244 g/mol. The fourth-order valence-corrected chi connectivity index (χ4v) is 2.90. The van der Waals surface area contributed by atoms with Gasteiger partial charge in [-0.2, -0.15) is 0 Å². The van der Waals surface area contributed by atoms with Crippen molar-refractivity contribution in [3.05, 3.63) is 29.8 Å². The predicted octanol–water partition coefficient (Wildman–Crippen LogP) is 3.21. The van der Waals surface area contributed by atoms with Gasteiger partial charge in [-0.1, -0.05) is 32.4 Å². The van der Waals surface area contributed by atoms with Crippen LogP contribution in [0.4, 0.5) is 0 Å². The van der Waals surface area contributed by atoms with Crippen molar-refractivity contribution in [2.45, 2.75) is 43.4 Å². The predicted molar refractivity (Wildman–Crippen MR) is 78.2 cm³/mol. The molecule has 0 spiro atoms. The van der Waals surface area contributed by atoms with Gasteiger partial charge >= 0.3 is 0 Å². The van der Waals surface area contributed by atoms with E-state index in [9.17, 15) is 10.2 Å². The molecule has 0 atom stereocenters. The van der Waals surface area contributed by atoms with E-state index >= 15 is 0 Å². The Labute approximate surface area is 114 Å². The van der Waals surface area contributed by atoms with Crippen molar-refractivity contribution in [2.75, 3.05) is 19.0 Å². The molecule has 1 aromatic rings. The Morgan fingerprint density at radius 1 is 1.06 bits per heavy atom. The Morgan fingerprint density at radius 3 is 2.11 bits per heavy atom. The molecule has 0 radical (unpaired) electrons. The maximum Gasteiger partial charge on any atom is 0.0550 e. The maximum atomic E-state index is 9.51. The Hall–Kier alpha value is -0.510. The number of aliphatic hydroxyl groups is 2. The number of aliphatic hydroxyl groups excluding tert-OH is 2. The van der Waals surface area contributed by atoms with Crippen molar-refractivity contribution in [1.29, 1.82) is 0 Å². The van der Waals surface area contributed by atoms with Crippen LogP contribution in [-0.4, -0.2) is 29.2 Å². The number of rotatable bonds is 8. The van der Waals surface area contributed by atoms with Crippen molar-refractivity contribution < 1.29 is 10.2 Å². The minimum Gasteiger partial charge on any atom is -0.395 e. The normalized spacial score (nSPS) is 11.8. The summed E-state index contributed by atoms with van der Waals surface area (Å²) in [7, 11) is 0. The number of hydrogen-bond acceptors (Lipinski definition) is 3. The van der Waals surface area contributed by atoms with Crippen LogP contribution in [0.15, 0.2) is 29.2 Å². The van der Waals surface area contributed by atoms with Gasteiger partial charge in [-0.15, -0.1) is 11.8 Å². The zero-order valence-corrected chi connectivity index (χ0v) is 12.2. The van der Waals surface area contributed by atoms with E-state index in [1.807, 2.05) is 30.8 Å². The van der Waals surface area contributed by atoms with Gasteiger partial charge in [-0.25, -0.2) is 0 Å². The van der Waals surface area contributed by atoms with Gasteiger partial charge in [0.1, 0.15) is 0 Å². The van der Waals surface area contributed by atoms with E-state index in [-0.39, 0.29) is 13.2 Å². The molecule has 1 aromatic carbocycles. The van der Waals surface area contributed by atoms with Crippen LogP contribution < -0.4 is 0 Å². The molecule has 0 heterocycles. The highest BCUT2D eigenvalue weighted by atomic mass is 32.2. The molecule has 0 aliphatic rings. The van der Waals surface area contributed by atoms with Crippen LogP contribution >= 0.6 is 11.8 Å². The summed E-state index contributed by atoms with van der Waals surface area (Å²) in [4.78, 5) is 1.26. The molecule has 2 N–H and O–H groups in total. The standard InChI is InChI=1S/C15H24O2S/c1-3-5-10-18-14-8-6-13(7-9-14)15(4-2,11-16)12-17/h6-9,16-17H,3-5,10-12H2,1-2H3. The highest BCUT2D eigenvalue weighted by molar-refractivity contribution is 7.99. The summed E-state index contributed by atoms with van der Waals surface area (Å²) >= 11 is 1.86. The molecule has 102 valence electrons. The first-order valence-corrected chi connectivity index (χ1v) is 7.66. The quantitative estimate of drug-likeness (QED) is 0.562. The fourth-order valence-electron chi connectivity index (χ4n) is 1.90. The monoisotopic (exact) mass is 268 g/mol. The van der Waals surface area contributed by atoms with Crippen LogP contribution in [0.3, 0.4) is 0 Å². The molecule has 0 aliphatic carbocycles. The Balaban J connectivity index is 2.74. The Bertz CT molecular complexity index is 323.